The minimum atomic E-state index is 0.836. The third-order valence-electron chi connectivity index (χ3n) is 5.63. The molecule has 5 rings (SSSR count). The first-order valence-corrected chi connectivity index (χ1v) is 10.3. The Morgan fingerprint density at radius 3 is 1.58 bits per heavy atom. The number of fused-ring (bicyclic) bond motifs is 2. The number of methoxy groups -OCH3 is 2. The summed E-state index contributed by atoms with van der Waals surface area (Å²) in [6, 6.07) is 35.8. The summed E-state index contributed by atoms with van der Waals surface area (Å²) in [4.78, 5) is 2.27. The maximum Gasteiger partial charge on any atom is 0.119 e. The van der Waals surface area contributed by atoms with Gasteiger partial charge in [0, 0.05) is 16.8 Å². The highest BCUT2D eigenvalue weighted by Gasteiger charge is 2.16. The van der Waals surface area contributed by atoms with Crippen LogP contribution in [0.25, 0.3) is 21.5 Å². The van der Waals surface area contributed by atoms with Crippen LogP contribution in [-0.4, -0.2) is 14.2 Å². The molecular formula is C28H23NO2. The van der Waals surface area contributed by atoms with Crippen LogP contribution in [0.5, 0.6) is 11.5 Å². The zero-order chi connectivity index (χ0) is 21.2. The van der Waals surface area contributed by atoms with Crippen LogP contribution in [0.15, 0.2) is 103 Å². The van der Waals surface area contributed by atoms with E-state index < -0.39 is 0 Å². The predicted molar refractivity (Wildman–Crippen MR) is 129 cm³/mol. The zero-order valence-corrected chi connectivity index (χ0v) is 17.6. The molecule has 0 atom stereocenters. The van der Waals surface area contributed by atoms with Gasteiger partial charge in [0.1, 0.15) is 11.5 Å². The monoisotopic (exact) mass is 405 g/mol. The van der Waals surface area contributed by atoms with Crippen molar-refractivity contribution in [2.75, 3.05) is 19.1 Å². The SMILES string of the molecule is COc1ccc(N(c2ccc(OC)cc2)c2cccc3cc4ccccc4cc23)cc1. The number of hydrogen-bond acceptors (Lipinski definition) is 3. The summed E-state index contributed by atoms with van der Waals surface area (Å²) in [7, 11) is 3.37. The third kappa shape index (κ3) is 3.55. The molecule has 0 aromatic heterocycles. The van der Waals surface area contributed by atoms with Crippen molar-refractivity contribution in [3.8, 4) is 11.5 Å². The van der Waals surface area contributed by atoms with Crippen LogP contribution in [0.4, 0.5) is 17.1 Å². The van der Waals surface area contributed by atoms with Crippen molar-refractivity contribution < 1.29 is 9.47 Å². The standard InChI is InChI=1S/C28H23NO2/c1-30-25-14-10-23(11-15-25)29(24-12-16-26(31-2)17-13-24)28-9-5-8-22-18-20-6-3-4-7-21(20)19-27(22)28/h3-19H,1-2H3. The Hall–Kier alpha value is -3.98. The maximum atomic E-state index is 5.37. The molecule has 31 heavy (non-hydrogen) atoms. The smallest absolute Gasteiger partial charge is 0.119 e. The number of nitrogens with zero attached hydrogens (tertiary/aromatic N) is 1. The number of anilines is 3. The number of benzene rings is 5. The van der Waals surface area contributed by atoms with E-state index in [1.165, 1.54) is 21.5 Å². The second kappa shape index (κ2) is 8.04. The van der Waals surface area contributed by atoms with E-state index in [1.807, 2.05) is 24.3 Å². The summed E-state index contributed by atoms with van der Waals surface area (Å²) in [5, 5.41) is 4.88. The first-order chi connectivity index (χ1) is 15.3. The van der Waals surface area contributed by atoms with Crippen LogP contribution < -0.4 is 14.4 Å². The van der Waals surface area contributed by atoms with Crippen molar-refractivity contribution in [2.45, 2.75) is 0 Å². The Bertz CT molecular complexity index is 1290. The van der Waals surface area contributed by atoms with Crippen molar-refractivity contribution in [3.05, 3.63) is 103 Å². The van der Waals surface area contributed by atoms with Crippen molar-refractivity contribution in [3.63, 3.8) is 0 Å². The van der Waals surface area contributed by atoms with Crippen molar-refractivity contribution in [1.82, 2.24) is 0 Å². The molecule has 0 unspecified atom stereocenters. The van der Waals surface area contributed by atoms with E-state index in [2.05, 4.69) is 83.8 Å². The quantitative estimate of drug-likeness (QED) is 0.283. The first kappa shape index (κ1) is 19.0. The lowest BCUT2D eigenvalue weighted by molar-refractivity contribution is 0.415. The molecule has 0 heterocycles. The molecule has 0 amide bonds. The van der Waals surface area contributed by atoms with Gasteiger partial charge in [-0.1, -0.05) is 36.4 Å². The molecule has 0 aliphatic carbocycles. The molecular weight excluding hydrogens is 382 g/mol. The lowest BCUT2D eigenvalue weighted by Gasteiger charge is -2.27. The van der Waals surface area contributed by atoms with E-state index in [0.717, 1.165) is 28.6 Å². The molecule has 0 aliphatic heterocycles. The fourth-order valence-electron chi connectivity index (χ4n) is 4.04. The average molecular weight is 405 g/mol. The Morgan fingerprint density at radius 1 is 0.516 bits per heavy atom. The van der Waals surface area contributed by atoms with Crippen LogP contribution in [0.1, 0.15) is 0 Å². The van der Waals surface area contributed by atoms with Gasteiger partial charge in [-0.15, -0.1) is 0 Å². The highest BCUT2D eigenvalue weighted by Crippen LogP contribution is 2.40. The van der Waals surface area contributed by atoms with Crippen molar-refractivity contribution in [1.29, 1.82) is 0 Å². The molecule has 152 valence electrons. The molecule has 0 fully saturated rings. The molecule has 0 N–H and O–H groups in total. The highest BCUT2D eigenvalue weighted by molar-refractivity contribution is 6.06. The van der Waals surface area contributed by atoms with E-state index in [9.17, 15) is 0 Å². The van der Waals surface area contributed by atoms with Gasteiger partial charge < -0.3 is 14.4 Å². The normalized spacial score (nSPS) is 10.9. The van der Waals surface area contributed by atoms with E-state index in [-0.39, 0.29) is 0 Å². The van der Waals surface area contributed by atoms with Crippen LogP contribution in [0, 0.1) is 0 Å². The molecule has 0 bridgehead atoms. The fourth-order valence-corrected chi connectivity index (χ4v) is 4.04. The van der Waals surface area contributed by atoms with Crippen LogP contribution in [0.2, 0.25) is 0 Å². The van der Waals surface area contributed by atoms with Crippen molar-refractivity contribution in [2.24, 2.45) is 0 Å². The molecule has 0 saturated carbocycles. The minimum Gasteiger partial charge on any atom is -0.497 e. The predicted octanol–water partition coefficient (Wildman–Crippen LogP) is 7.48. The van der Waals surface area contributed by atoms with E-state index in [4.69, 9.17) is 9.47 Å². The largest absolute Gasteiger partial charge is 0.497 e. The third-order valence-corrected chi connectivity index (χ3v) is 5.63. The van der Waals surface area contributed by atoms with Gasteiger partial charge in [-0.05, 0) is 82.9 Å². The van der Waals surface area contributed by atoms with Crippen LogP contribution in [0.3, 0.4) is 0 Å². The molecule has 0 spiro atoms. The molecule has 5 aromatic carbocycles. The van der Waals surface area contributed by atoms with Gasteiger partial charge in [-0.2, -0.15) is 0 Å². The van der Waals surface area contributed by atoms with Crippen LogP contribution >= 0.6 is 0 Å². The number of rotatable bonds is 5. The van der Waals surface area contributed by atoms with Gasteiger partial charge in [0.15, 0.2) is 0 Å². The summed E-state index contributed by atoms with van der Waals surface area (Å²) in [6.07, 6.45) is 0. The topological polar surface area (TPSA) is 21.7 Å². The molecule has 5 aromatic rings. The molecule has 0 aliphatic rings. The average Bonchev–Trinajstić information content (AvgIpc) is 2.84. The Morgan fingerprint density at radius 2 is 1.03 bits per heavy atom. The van der Waals surface area contributed by atoms with Gasteiger partial charge in [0.25, 0.3) is 0 Å². The number of ether oxygens (including phenoxy) is 2. The first-order valence-electron chi connectivity index (χ1n) is 10.3. The lowest BCUT2D eigenvalue weighted by atomic mass is 10.0. The summed E-state index contributed by atoms with van der Waals surface area (Å²) < 4.78 is 10.7. The van der Waals surface area contributed by atoms with Gasteiger partial charge in [-0.25, -0.2) is 0 Å². The second-order valence-corrected chi connectivity index (χ2v) is 7.43. The van der Waals surface area contributed by atoms with Crippen molar-refractivity contribution >= 4 is 38.6 Å². The van der Waals surface area contributed by atoms with E-state index in [0.29, 0.717) is 0 Å². The molecule has 3 heteroatoms. The van der Waals surface area contributed by atoms with Crippen LogP contribution in [-0.2, 0) is 0 Å². The van der Waals surface area contributed by atoms with Gasteiger partial charge in [0.05, 0.1) is 19.9 Å². The van der Waals surface area contributed by atoms with Gasteiger partial charge >= 0.3 is 0 Å². The summed E-state index contributed by atoms with van der Waals surface area (Å²) >= 11 is 0. The Balaban J connectivity index is 1.75. The fraction of sp³-hybridized carbons (Fsp3) is 0.0714. The number of hydrogen-bond donors (Lipinski definition) is 0. The molecule has 3 nitrogen and oxygen atoms in total. The Kier molecular flexibility index (Phi) is 4.93. The second-order valence-electron chi connectivity index (χ2n) is 7.43. The van der Waals surface area contributed by atoms with Gasteiger partial charge in [-0.3, -0.25) is 0 Å². The molecule has 0 radical (unpaired) electrons. The minimum absolute atomic E-state index is 0.836. The maximum absolute atomic E-state index is 5.37. The van der Waals surface area contributed by atoms with Gasteiger partial charge in [0.2, 0.25) is 0 Å². The van der Waals surface area contributed by atoms with E-state index >= 15 is 0 Å². The summed E-state index contributed by atoms with van der Waals surface area (Å²) in [5.74, 6) is 1.67. The lowest BCUT2D eigenvalue weighted by Crippen LogP contribution is -2.10. The zero-order valence-electron chi connectivity index (χ0n) is 17.6. The summed E-state index contributed by atoms with van der Waals surface area (Å²) in [5.41, 5.74) is 3.25. The summed E-state index contributed by atoms with van der Waals surface area (Å²) in [6.45, 7) is 0. The highest BCUT2D eigenvalue weighted by atomic mass is 16.5. The Labute approximate surface area is 182 Å². The van der Waals surface area contributed by atoms with E-state index in [1.54, 1.807) is 14.2 Å². The molecule has 0 saturated heterocycles.